The summed E-state index contributed by atoms with van der Waals surface area (Å²) in [4.78, 5) is 12.2. The summed E-state index contributed by atoms with van der Waals surface area (Å²) in [7, 11) is -1.87. The van der Waals surface area contributed by atoms with E-state index < -0.39 is 20.4 Å². The number of hydrogen-bond donors (Lipinski definition) is 0. The standard InChI is InChI=1S/C18H30O5Si/c1-16(2,3)24(4,5)20-11-17-7-6-12(19)9-18(17)10-13-8-14(17)22-15(21-13)23-18/h13-15H,6-11H2,1-5H3/t13-,14+,15+,17+,18-/m0/s1. The summed E-state index contributed by atoms with van der Waals surface area (Å²) in [6.07, 6.45) is 3.86. The predicted molar refractivity (Wildman–Crippen MR) is 91.0 cm³/mol. The molecule has 3 aliphatic heterocycles. The predicted octanol–water partition coefficient (Wildman–Crippen LogP) is 3.38. The van der Waals surface area contributed by atoms with E-state index in [0.717, 1.165) is 19.3 Å². The van der Waals surface area contributed by atoms with E-state index in [1.165, 1.54) is 0 Å². The minimum atomic E-state index is -1.87. The van der Waals surface area contributed by atoms with Crippen molar-refractivity contribution >= 4 is 14.1 Å². The van der Waals surface area contributed by atoms with E-state index in [2.05, 4.69) is 33.9 Å². The van der Waals surface area contributed by atoms with Gasteiger partial charge >= 0.3 is 0 Å². The Kier molecular flexibility index (Phi) is 3.67. The molecular formula is C18H30O5Si. The molecule has 0 N–H and O–H groups in total. The van der Waals surface area contributed by atoms with Gasteiger partial charge in [0.2, 0.25) is 0 Å². The van der Waals surface area contributed by atoms with Crippen molar-refractivity contribution in [2.45, 2.75) is 95.3 Å². The Bertz CT molecular complexity index is 540. The Labute approximate surface area is 145 Å². The highest BCUT2D eigenvalue weighted by Crippen LogP contribution is 2.62. The maximum absolute atomic E-state index is 12.2. The number of ketones is 1. The molecule has 2 saturated carbocycles. The number of hydrogen-bond acceptors (Lipinski definition) is 5. The lowest BCUT2D eigenvalue weighted by Crippen LogP contribution is -2.75. The van der Waals surface area contributed by atoms with Gasteiger partial charge in [-0.15, -0.1) is 0 Å². The van der Waals surface area contributed by atoms with Gasteiger partial charge in [0, 0.05) is 37.7 Å². The van der Waals surface area contributed by atoms with Crippen molar-refractivity contribution in [1.82, 2.24) is 0 Å². The van der Waals surface area contributed by atoms with Crippen LogP contribution in [0.1, 0.15) is 52.9 Å². The smallest absolute Gasteiger partial charge is 0.272 e. The van der Waals surface area contributed by atoms with Crippen LogP contribution in [0.25, 0.3) is 0 Å². The molecule has 5 aliphatic rings. The molecule has 5 atom stereocenters. The second-order valence-electron chi connectivity index (χ2n) is 9.64. The summed E-state index contributed by atoms with van der Waals surface area (Å²) >= 11 is 0. The number of carbonyl (C=O) groups is 1. The lowest BCUT2D eigenvalue weighted by atomic mass is 9.53. The second kappa shape index (κ2) is 5.13. The summed E-state index contributed by atoms with van der Waals surface area (Å²) in [6, 6.07) is 0. The van der Waals surface area contributed by atoms with Gasteiger partial charge in [0.1, 0.15) is 5.78 Å². The summed E-state index contributed by atoms with van der Waals surface area (Å²) in [6.45, 7) is 11.4. The number of carbonyl (C=O) groups excluding carboxylic acids is 1. The van der Waals surface area contributed by atoms with Gasteiger partial charge < -0.3 is 18.6 Å². The van der Waals surface area contributed by atoms with E-state index in [-0.39, 0.29) is 22.7 Å². The fourth-order valence-corrected chi connectivity index (χ4v) is 5.75. The Hall–Kier alpha value is -0.273. The first-order valence-corrected chi connectivity index (χ1v) is 12.1. The van der Waals surface area contributed by atoms with E-state index in [1.807, 2.05) is 0 Å². The molecule has 0 aromatic rings. The third kappa shape index (κ3) is 2.30. The lowest BCUT2D eigenvalue weighted by Gasteiger charge is -2.67. The van der Waals surface area contributed by atoms with Gasteiger partial charge in [0.25, 0.3) is 6.48 Å². The zero-order valence-electron chi connectivity index (χ0n) is 15.5. The highest BCUT2D eigenvalue weighted by molar-refractivity contribution is 6.74. The van der Waals surface area contributed by atoms with E-state index in [4.69, 9.17) is 18.6 Å². The molecule has 5 rings (SSSR count). The molecule has 0 aromatic heterocycles. The average molecular weight is 355 g/mol. The molecule has 4 bridgehead atoms. The largest absolute Gasteiger partial charge is 0.416 e. The van der Waals surface area contributed by atoms with Crippen LogP contribution < -0.4 is 0 Å². The van der Waals surface area contributed by atoms with Crippen LogP contribution in [0, 0.1) is 5.41 Å². The van der Waals surface area contributed by atoms with Crippen LogP contribution in [-0.2, 0) is 23.4 Å². The molecule has 136 valence electrons. The molecule has 5 fully saturated rings. The van der Waals surface area contributed by atoms with Crippen molar-refractivity contribution in [2.24, 2.45) is 5.41 Å². The van der Waals surface area contributed by atoms with Gasteiger partial charge in [-0.05, 0) is 24.6 Å². The summed E-state index contributed by atoms with van der Waals surface area (Å²) in [5.41, 5.74) is -0.646. The van der Waals surface area contributed by atoms with Crippen molar-refractivity contribution in [3.63, 3.8) is 0 Å². The highest BCUT2D eigenvalue weighted by atomic mass is 28.4. The zero-order valence-corrected chi connectivity index (χ0v) is 16.5. The van der Waals surface area contributed by atoms with Crippen LogP contribution in [0.4, 0.5) is 0 Å². The van der Waals surface area contributed by atoms with Crippen molar-refractivity contribution in [1.29, 1.82) is 0 Å². The molecule has 3 saturated heterocycles. The van der Waals surface area contributed by atoms with Gasteiger partial charge in [-0.2, -0.15) is 0 Å². The highest BCUT2D eigenvalue weighted by Gasteiger charge is 2.70. The van der Waals surface area contributed by atoms with Crippen molar-refractivity contribution < 1.29 is 23.4 Å². The Morgan fingerprint density at radius 2 is 2.04 bits per heavy atom. The lowest BCUT2D eigenvalue weighted by molar-refractivity contribution is -0.490. The first-order valence-electron chi connectivity index (χ1n) is 9.21. The molecule has 0 aromatic carbocycles. The molecule has 0 radical (unpaired) electrons. The molecule has 6 heteroatoms. The minimum absolute atomic E-state index is 0.0848. The molecule has 2 aliphatic carbocycles. The van der Waals surface area contributed by atoms with Crippen LogP contribution >= 0.6 is 0 Å². The first-order chi connectivity index (χ1) is 11.1. The van der Waals surface area contributed by atoms with E-state index in [0.29, 0.717) is 25.2 Å². The van der Waals surface area contributed by atoms with Crippen LogP contribution in [0.15, 0.2) is 0 Å². The molecule has 0 amide bonds. The van der Waals surface area contributed by atoms with E-state index in [1.54, 1.807) is 0 Å². The van der Waals surface area contributed by atoms with Crippen LogP contribution in [0.2, 0.25) is 18.1 Å². The molecule has 24 heavy (non-hydrogen) atoms. The van der Waals surface area contributed by atoms with Crippen LogP contribution in [0.3, 0.4) is 0 Å². The van der Waals surface area contributed by atoms with Crippen LogP contribution in [0.5, 0.6) is 0 Å². The summed E-state index contributed by atoms with van der Waals surface area (Å²) < 4.78 is 24.7. The fourth-order valence-electron chi connectivity index (χ4n) is 4.70. The minimum Gasteiger partial charge on any atom is -0.416 e. The Balaban J connectivity index is 1.65. The van der Waals surface area contributed by atoms with Gasteiger partial charge in [0.05, 0.1) is 17.8 Å². The molecular weight excluding hydrogens is 324 g/mol. The third-order valence-corrected chi connectivity index (χ3v) is 11.8. The van der Waals surface area contributed by atoms with Gasteiger partial charge in [-0.25, -0.2) is 0 Å². The maximum atomic E-state index is 12.2. The third-order valence-electron chi connectivity index (χ3n) is 7.29. The number of Topliss-reactive ketones (excluding diaryl/α,β-unsaturated/α-hetero) is 1. The zero-order chi connectivity index (χ0) is 17.4. The normalized spacial score (nSPS) is 44.7. The Morgan fingerprint density at radius 3 is 2.71 bits per heavy atom. The maximum Gasteiger partial charge on any atom is 0.272 e. The first kappa shape index (κ1) is 17.2. The molecule has 1 spiro atoms. The fraction of sp³-hybridized carbons (Fsp3) is 0.944. The van der Waals surface area contributed by atoms with Gasteiger partial charge in [-0.3, -0.25) is 4.79 Å². The molecule has 5 nitrogen and oxygen atoms in total. The van der Waals surface area contributed by atoms with Crippen molar-refractivity contribution in [3.05, 3.63) is 0 Å². The average Bonchev–Trinajstić information content (AvgIpc) is 2.43. The number of rotatable bonds is 3. The molecule has 3 heterocycles. The van der Waals surface area contributed by atoms with E-state index >= 15 is 0 Å². The van der Waals surface area contributed by atoms with Crippen LogP contribution in [-0.4, -0.2) is 45.0 Å². The number of ether oxygens (including phenoxy) is 3. The monoisotopic (exact) mass is 354 g/mol. The van der Waals surface area contributed by atoms with Gasteiger partial charge in [0.15, 0.2) is 8.32 Å². The quantitative estimate of drug-likeness (QED) is 0.727. The topological polar surface area (TPSA) is 54.0 Å². The van der Waals surface area contributed by atoms with E-state index in [9.17, 15) is 4.79 Å². The van der Waals surface area contributed by atoms with Crippen molar-refractivity contribution in [2.75, 3.05) is 6.61 Å². The Morgan fingerprint density at radius 1 is 1.29 bits per heavy atom. The SMILES string of the molecule is CC(C)(C)[Si](C)(C)OC[C@@]12CCC(=O)C[C@]13C[C@@H]1C[C@H]2O[C@@H](O1)O3. The molecule has 0 unspecified atom stereocenters. The van der Waals surface area contributed by atoms with Gasteiger partial charge in [-0.1, -0.05) is 20.8 Å². The second-order valence-corrected chi connectivity index (χ2v) is 14.5. The summed E-state index contributed by atoms with van der Waals surface area (Å²) in [5.74, 6) is 0.305. The summed E-state index contributed by atoms with van der Waals surface area (Å²) in [5, 5.41) is 0.165. The van der Waals surface area contributed by atoms with Crippen molar-refractivity contribution in [3.8, 4) is 0 Å².